The zero-order valence-electron chi connectivity index (χ0n) is 14.3. The van der Waals surface area contributed by atoms with E-state index in [2.05, 4.69) is 5.32 Å². The Labute approximate surface area is 158 Å². The van der Waals surface area contributed by atoms with Crippen molar-refractivity contribution in [3.05, 3.63) is 52.0 Å². The van der Waals surface area contributed by atoms with Crippen molar-refractivity contribution in [1.82, 2.24) is 0 Å². The van der Waals surface area contributed by atoms with Gasteiger partial charge in [0.1, 0.15) is 0 Å². The quantitative estimate of drug-likeness (QED) is 0.669. The highest BCUT2D eigenvalue weighted by atomic mass is 35.5. The van der Waals surface area contributed by atoms with Gasteiger partial charge in [-0.05, 0) is 50.1 Å². The zero-order valence-corrected chi connectivity index (χ0v) is 15.8. The Bertz CT molecular complexity index is 714. The van der Waals surface area contributed by atoms with Gasteiger partial charge in [0.05, 0.1) is 28.9 Å². The summed E-state index contributed by atoms with van der Waals surface area (Å²) >= 11 is 12.1. The van der Waals surface area contributed by atoms with Gasteiger partial charge in [0, 0.05) is 6.42 Å². The average Bonchev–Trinajstić information content (AvgIpc) is 2.59. The number of ether oxygens (including phenoxy) is 2. The fraction of sp³-hybridized carbons (Fsp3) is 0.316. The van der Waals surface area contributed by atoms with E-state index in [1.807, 2.05) is 32.0 Å². The van der Waals surface area contributed by atoms with Gasteiger partial charge < -0.3 is 14.8 Å². The van der Waals surface area contributed by atoms with E-state index in [0.717, 1.165) is 5.56 Å². The fourth-order valence-electron chi connectivity index (χ4n) is 2.33. The molecule has 2 rings (SSSR count). The minimum Gasteiger partial charge on any atom is -0.490 e. The van der Waals surface area contributed by atoms with Crippen molar-refractivity contribution in [3.63, 3.8) is 0 Å². The molecule has 0 spiro atoms. The molecule has 4 nitrogen and oxygen atoms in total. The molecular formula is C19H21Cl2NO3. The van der Waals surface area contributed by atoms with Gasteiger partial charge in [-0.3, -0.25) is 4.79 Å². The summed E-state index contributed by atoms with van der Waals surface area (Å²) in [4.78, 5) is 12.2. The number of carbonyl (C=O) groups excluding carboxylic acids is 1. The number of hydrogen-bond acceptors (Lipinski definition) is 3. The SMILES string of the molecule is CCOc1ccc(CCC(=O)Nc2c(Cl)cccc2Cl)cc1OCC. The highest BCUT2D eigenvalue weighted by Crippen LogP contribution is 2.31. The van der Waals surface area contributed by atoms with E-state index >= 15 is 0 Å². The average molecular weight is 382 g/mol. The van der Waals surface area contributed by atoms with Crippen molar-refractivity contribution in [2.75, 3.05) is 18.5 Å². The van der Waals surface area contributed by atoms with Crippen LogP contribution in [0.4, 0.5) is 5.69 Å². The lowest BCUT2D eigenvalue weighted by Crippen LogP contribution is -2.13. The summed E-state index contributed by atoms with van der Waals surface area (Å²) < 4.78 is 11.1. The van der Waals surface area contributed by atoms with Crippen LogP contribution in [0.1, 0.15) is 25.8 Å². The van der Waals surface area contributed by atoms with Crippen LogP contribution in [0.5, 0.6) is 11.5 Å². The third kappa shape index (κ3) is 5.55. The van der Waals surface area contributed by atoms with Gasteiger partial charge in [0.25, 0.3) is 0 Å². The lowest BCUT2D eigenvalue weighted by atomic mass is 10.1. The van der Waals surface area contributed by atoms with E-state index in [-0.39, 0.29) is 5.91 Å². The summed E-state index contributed by atoms with van der Waals surface area (Å²) in [5.74, 6) is 1.25. The molecule has 2 aromatic rings. The lowest BCUT2D eigenvalue weighted by molar-refractivity contribution is -0.116. The molecule has 25 heavy (non-hydrogen) atoms. The number of rotatable bonds is 8. The number of aryl methyl sites for hydroxylation is 1. The molecule has 0 bridgehead atoms. The van der Waals surface area contributed by atoms with Gasteiger partial charge in [0.15, 0.2) is 11.5 Å². The maximum absolute atomic E-state index is 12.2. The van der Waals surface area contributed by atoms with Crippen LogP contribution >= 0.6 is 23.2 Å². The van der Waals surface area contributed by atoms with Crippen LogP contribution in [-0.2, 0) is 11.2 Å². The summed E-state index contributed by atoms with van der Waals surface area (Å²) in [6, 6.07) is 10.8. The van der Waals surface area contributed by atoms with Gasteiger partial charge in [-0.25, -0.2) is 0 Å². The van der Waals surface area contributed by atoms with Gasteiger partial charge >= 0.3 is 0 Å². The molecule has 0 aliphatic heterocycles. The van der Waals surface area contributed by atoms with Crippen molar-refractivity contribution >= 4 is 34.8 Å². The second-order valence-electron chi connectivity index (χ2n) is 5.29. The summed E-state index contributed by atoms with van der Waals surface area (Å²) in [5.41, 5.74) is 1.44. The van der Waals surface area contributed by atoms with Gasteiger partial charge in [0.2, 0.25) is 5.91 Å². The maximum atomic E-state index is 12.2. The predicted octanol–water partition coefficient (Wildman–Crippen LogP) is 5.36. The van der Waals surface area contributed by atoms with E-state index in [0.29, 0.717) is 53.3 Å². The van der Waals surface area contributed by atoms with Gasteiger partial charge in [-0.2, -0.15) is 0 Å². The third-order valence-corrected chi connectivity index (χ3v) is 4.11. The number of benzene rings is 2. The number of halogens is 2. The molecule has 1 N–H and O–H groups in total. The molecule has 0 saturated heterocycles. The van der Waals surface area contributed by atoms with Gasteiger partial charge in [-0.15, -0.1) is 0 Å². The molecule has 0 unspecified atom stereocenters. The molecule has 0 saturated carbocycles. The molecule has 0 atom stereocenters. The number of nitrogens with one attached hydrogen (secondary N) is 1. The summed E-state index contributed by atoms with van der Waals surface area (Å²) in [7, 11) is 0. The van der Waals surface area contributed by atoms with E-state index in [4.69, 9.17) is 32.7 Å². The molecular weight excluding hydrogens is 361 g/mol. The first-order chi connectivity index (χ1) is 12.0. The molecule has 0 aliphatic rings. The van der Waals surface area contributed by atoms with Crippen molar-refractivity contribution in [2.24, 2.45) is 0 Å². The topological polar surface area (TPSA) is 47.6 Å². The standard InChI is InChI=1S/C19H21Cl2NO3/c1-3-24-16-10-8-13(12-17(16)25-4-2)9-11-18(23)22-19-14(20)6-5-7-15(19)21/h5-8,10,12H,3-4,9,11H2,1-2H3,(H,22,23). The van der Waals surface area contributed by atoms with Crippen molar-refractivity contribution in [3.8, 4) is 11.5 Å². The molecule has 0 aliphatic carbocycles. The third-order valence-electron chi connectivity index (χ3n) is 3.48. The van der Waals surface area contributed by atoms with Crippen LogP contribution in [0.15, 0.2) is 36.4 Å². The molecule has 0 fully saturated rings. The smallest absolute Gasteiger partial charge is 0.224 e. The highest BCUT2D eigenvalue weighted by molar-refractivity contribution is 6.39. The number of carbonyl (C=O) groups is 1. The second-order valence-corrected chi connectivity index (χ2v) is 6.11. The Morgan fingerprint density at radius 1 is 1.00 bits per heavy atom. The van der Waals surface area contributed by atoms with Crippen molar-refractivity contribution in [2.45, 2.75) is 26.7 Å². The highest BCUT2D eigenvalue weighted by Gasteiger charge is 2.11. The molecule has 1 amide bonds. The second kappa shape index (κ2) is 9.54. The fourth-order valence-corrected chi connectivity index (χ4v) is 2.82. The lowest BCUT2D eigenvalue weighted by Gasteiger charge is -2.13. The molecule has 0 aromatic heterocycles. The van der Waals surface area contributed by atoms with Crippen LogP contribution in [0.25, 0.3) is 0 Å². The monoisotopic (exact) mass is 381 g/mol. The zero-order chi connectivity index (χ0) is 18.2. The van der Waals surface area contributed by atoms with E-state index in [1.54, 1.807) is 18.2 Å². The Balaban J connectivity index is 2.00. The minimum absolute atomic E-state index is 0.151. The molecule has 6 heteroatoms. The maximum Gasteiger partial charge on any atom is 0.224 e. The first-order valence-corrected chi connectivity index (χ1v) is 8.93. The van der Waals surface area contributed by atoms with Crippen LogP contribution < -0.4 is 14.8 Å². The first kappa shape index (κ1) is 19.4. The van der Waals surface area contributed by atoms with Crippen LogP contribution in [0.2, 0.25) is 10.0 Å². The van der Waals surface area contributed by atoms with Crippen LogP contribution in [0.3, 0.4) is 0 Å². The van der Waals surface area contributed by atoms with E-state index < -0.39 is 0 Å². The number of para-hydroxylation sites is 1. The Kier molecular flexibility index (Phi) is 7.41. The Morgan fingerprint density at radius 2 is 1.64 bits per heavy atom. The molecule has 0 radical (unpaired) electrons. The molecule has 134 valence electrons. The number of anilines is 1. The minimum atomic E-state index is -0.151. The number of amides is 1. The summed E-state index contributed by atoms with van der Waals surface area (Å²) in [5, 5.41) is 3.60. The summed E-state index contributed by atoms with van der Waals surface area (Å²) in [6.07, 6.45) is 0.876. The van der Waals surface area contributed by atoms with Crippen molar-refractivity contribution in [1.29, 1.82) is 0 Å². The largest absolute Gasteiger partial charge is 0.490 e. The Hall–Kier alpha value is -1.91. The first-order valence-electron chi connectivity index (χ1n) is 8.17. The van der Waals surface area contributed by atoms with Crippen LogP contribution in [-0.4, -0.2) is 19.1 Å². The number of hydrogen-bond donors (Lipinski definition) is 1. The van der Waals surface area contributed by atoms with E-state index in [9.17, 15) is 4.79 Å². The van der Waals surface area contributed by atoms with E-state index in [1.165, 1.54) is 0 Å². The predicted molar refractivity (Wildman–Crippen MR) is 102 cm³/mol. The molecule has 2 aromatic carbocycles. The van der Waals surface area contributed by atoms with Crippen molar-refractivity contribution < 1.29 is 14.3 Å². The van der Waals surface area contributed by atoms with Crippen LogP contribution in [0, 0.1) is 0 Å². The Morgan fingerprint density at radius 3 is 2.28 bits per heavy atom. The molecule has 0 heterocycles. The van der Waals surface area contributed by atoms with Gasteiger partial charge in [-0.1, -0.05) is 35.3 Å². The summed E-state index contributed by atoms with van der Waals surface area (Å²) in [6.45, 7) is 4.96. The normalized spacial score (nSPS) is 10.4.